The fourth-order valence-corrected chi connectivity index (χ4v) is 1.17. The van der Waals surface area contributed by atoms with E-state index in [9.17, 15) is 9.90 Å². The number of aromatic amines is 1. The first-order valence-electron chi connectivity index (χ1n) is 5.16. The number of hydrogen-bond donors (Lipinski definition) is 2. The Morgan fingerprint density at radius 3 is 2.44 bits per heavy atom. The van der Waals surface area contributed by atoms with Gasteiger partial charge in [0.25, 0.3) is 0 Å². The van der Waals surface area contributed by atoms with Crippen LogP contribution in [-0.4, -0.2) is 16.2 Å². The summed E-state index contributed by atoms with van der Waals surface area (Å²) in [5.41, 5.74) is 0.854. The summed E-state index contributed by atoms with van der Waals surface area (Å²) in [6.45, 7) is 2.05. The molecule has 0 aliphatic heterocycles. The smallest absolute Gasteiger partial charge is 0.335 e. The Balaban J connectivity index is 0.000000199. The molecule has 0 aliphatic rings. The van der Waals surface area contributed by atoms with Gasteiger partial charge in [0, 0.05) is 11.6 Å². The van der Waals surface area contributed by atoms with Gasteiger partial charge in [-0.3, -0.25) is 0 Å². The number of aromatic nitrogens is 1. The Bertz CT molecular complexity index is 526. The fraction of sp³-hybridized carbons (Fsp3) is 0.0769. The molecule has 5 nitrogen and oxygen atoms in total. The van der Waals surface area contributed by atoms with E-state index >= 15 is 0 Å². The predicted molar refractivity (Wildman–Crippen MR) is 62.2 cm³/mol. The minimum Gasteiger partial charge on any atom is -0.872 e. The van der Waals surface area contributed by atoms with E-state index in [-0.39, 0.29) is 5.75 Å². The van der Waals surface area contributed by atoms with Crippen molar-refractivity contribution in [3.63, 3.8) is 0 Å². The van der Waals surface area contributed by atoms with E-state index in [4.69, 9.17) is 10.2 Å². The van der Waals surface area contributed by atoms with E-state index in [1.165, 1.54) is 5.56 Å². The number of carboxylic acid groups (broad SMARTS) is 1. The third-order valence-electron chi connectivity index (χ3n) is 2.06. The van der Waals surface area contributed by atoms with Crippen LogP contribution in [0.2, 0.25) is 0 Å². The predicted octanol–water partition coefficient (Wildman–Crippen LogP) is 0.973. The monoisotopic (exact) mass is 247 g/mol. The van der Waals surface area contributed by atoms with Crippen molar-refractivity contribution >= 4 is 5.97 Å². The van der Waals surface area contributed by atoms with Crippen molar-refractivity contribution in [3.05, 3.63) is 53.9 Å². The zero-order valence-corrected chi connectivity index (χ0v) is 9.75. The van der Waals surface area contributed by atoms with Crippen molar-refractivity contribution in [1.82, 2.24) is 0 Å². The maximum Gasteiger partial charge on any atom is 0.335 e. The largest absolute Gasteiger partial charge is 0.872 e. The quantitative estimate of drug-likeness (QED) is 0.785. The minimum atomic E-state index is -1.33. The molecule has 5 heteroatoms. The van der Waals surface area contributed by atoms with Crippen LogP contribution in [0.15, 0.2) is 42.7 Å². The number of carboxylic acids is 1. The van der Waals surface area contributed by atoms with Gasteiger partial charge in [-0.2, -0.15) is 0 Å². The Morgan fingerprint density at radius 2 is 2.06 bits per heavy atom. The van der Waals surface area contributed by atoms with Gasteiger partial charge in [0.05, 0.1) is 5.56 Å². The zero-order chi connectivity index (χ0) is 13.5. The molecule has 18 heavy (non-hydrogen) atoms. The molecular formula is C13H13NO4. The molecule has 0 aliphatic carbocycles. The van der Waals surface area contributed by atoms with Crippen LogP contribution in [0.25, 0.3) is 0 Å². The topological polar surface area (TPSA) is 94.7 Å². The lowest BCUT2D eigenvalue weighted by atomic mass is 10.2. The lowest BCUT2D eigenvalue weighted by Gasteiger charge is -2.08. The number of pyridine rings is 1. The SMILES string of the molecule is Cc1ccc[nH+]c1.O=C(O)c1cc(O)ccc1[O-]. The maximum atomic E-state index is 10.7. The summed E-state index contributed by atoms with van der Waals surface area (Å²) in [6.07, 6.45) is 3.85. The van der Waals surface area contributed by atoms with E-state index in [0.717, 1.165) is 18.2 Å². The van der Waals surface area contributed by atoms with Crippen LogP contribution in [0.3, 0.4) is 0 Å². The molecule has 1 heterocycles. The number of rotatable bonds is 1. The number of aryl methyl sites for hydroxylation is 1. The zero-order valence-electron chi connectivity index (χ0n) is 9.75. The second-order valence-electron chi connectivity index (χ2n) is 3.57. The summed E-state index contributed by atoms with van der Waals surface area (Å²) < 4.78 is 0. The van der Waals surface area contributed by atoms with Crippen LogP contribution < -0.4 is 10.1 Å². The van der Waals surface area contributed by atoms with Gasteiger partial charge in [0.15, 0.2) is 12.4 Å². The third kappa shape index (κ3) is 4.13. The molecule has 0 spiro atoms. The van der Waals surface area contributed by atoms with E-state index < -0.39 is 17.3 Å². The molecule has 0 unspecified atom stereocenters. The highest BCUT2D eigenvalue weighted by Gasteiger charge is 2.03. The highest BCUT2D eigenvalue weighted by atomic mass is 16.4. The van der Waals surface area contributed by atoms with Crippen molar-refractivity contribution < 1.29 is 25.1 Å². The minimum absolute atomic E-state index is 0.220. The number of aromatic carboxylic acids is 1. The molecular weight excluding hydrogens is 234 g/mol. The van der Waals surface area contributed by atoms with Crippen molar-refractivity contribution in [1.29, 1.82) is 0 Å². The lowest BCUT2D eigenvalue weighted by Crippen LogP contribution is -2.02. The highest BCUT2D eigenvalue weighted by Crippen LogP contribution is 2.19. The molecule has 0 bridgehead atoms. The molecule has 94 valence electrons. The first-order valence-corrected chi connectivity index (χ1v) is 5.16. The summed E-state index contributed by atoms with van der Waals surface area (Å²) in [4.78, 5) is 13.2. The number of phenols is 1. The summed E-state index contributed by atoms with van der Waals surface area (Å²) >= 11 is 0. The Labute approximate surface area is 104 Å². The molecule has 0 amide bonds. The van der Waals surface area contributed by atoms with Crippen LogP contribution in [-0.2, 0) is 0 Å². The van der Waals surface area contributed by atoms with E-state index in [1.807, 2.05) is 18.5 Å². The average Bonchev–Trinajstić information content (AvgIpc) is 2.34. The second-order valence-corrected chi connectivity index (χ2v) is 3.57. The Morgan fingerprint density at radius 1 is 1.33 bits per heavy atom. The first-order chi connectivity index (χ1) is 8.50. The fourth-order valence-electron chi connectivity index (χ4n) is 1.17. The molecule has 0 saturated heterocycles. The summed E-state index contributed by atoms with van der Waals surface area (Å²) in [7, 11) is 0. The van der Waals surface area contributed by atoms with E-state index in [1.54, 1.807) is 0 Å². The number of H-pyrrole nitrogens is 1. The van der Waals surface area contributed by atoms with Gasteiger partial charge >= 0.3 is 5.97 Å². The Hall–Kier alpha value is -2.56. The molecule has 1 aromatic heterocycles. The standard InChI is InChI=1S/C7H6O4.C6H7N/c8-4-1-2-6(9)5(3-4)7(10)11;1-6-3-2-4-7-5-6/h1-3,8-9H,(H,10,11);2-5H,1H3. The van der Waals surface area contributed by atoms with Crippen LogP contribution >= 0.6 is 0 Å². The van der Waals surface area contributed by atoms with Gasteiger partial charge in [0.2, 0.25) is 0 Å². The van der Waals surface area contributed by atoms with Gasteiger partial charge in [-0.1, -0.05) is 11.8 Å². The number of nitrogens with one attached hydrogen (secondary N) is 1. The molecule has 0 atom stereocenters. The normalized spacial score (nSPS) is 9.17. The number of carbonyl (C=O) groups is 1. The van der Waals surface area contributed by atoms with E-state index in [2.05, 4.69) is 18.0 Å². The average molecular weight is 247 g/mol. The molecule has 2 rings (SSSR count). The highest BCUT2D eigenvalue weighted by molar-refractivity contribution is 5.90. The number of phenolic OH excluding ortho intramolecular Hbond substituents is 1. The molecule has 2 aromatic rings. The first kappa shape index (κ1) is 13.5. The maximum absolute atomic E-state index is 10.7. The van der Waals surface area contributed by atoms with Gasteiger partial charge in [-0.15, -0.1) is 0 Å². The Kier molecular flexibility index (Phi) is 4.68. The van der Waals surface area contributed by atoms with Gasteiger partial charge < -0.3 is 15.3 Å². The lowest BCUT2D eigenvalue weighted by molar-refractivity contribution is -0.378. The molecule has 1 aromatic carbocycles. The summed E-state index contributed by atoms with van der Waals surface area (Å²) in [5.74, 6) is -2.15. The van der Waals surface area contributed by atoms with Gasteiger partial charge in [-0.05, 0) is 25.1 Å². The summed E-state index contributed by atoms with van der Waals surface area (Å²) in [6, 6.07) is 7.12. The molecule has 3 N–H and O–H groups in total. The van der Waals surface area contributed by atoms with Crippen LogP contribution in [0.1, 0.15) is 15.9 Å². The molecule has 0 saturated carbocycles. The van der Waals surface area contributed by atoms with E-state index in [0.29, 0.717) is 0 Å². The van der Waals surface area contributed by atoms with Gasteiger partial charge in [0.1, 0.15) is 5.75 Å². The number of hydrogen-bond acceptors (Lipinski definition) is 3. The summed E-state index contributed by atoms with van der Waals surface area (Å²) in [5, 5.41) is 27.9. The molecule has 0 radical (unpaired) electrons. The van der Waals surface area contributed by atoms with Crippen molar-refractivity contribution in [2.75, 3.05) is 0 Å². The van der Waals surface area contributed by atoms with Crippen molar-refractivity contribution in [3.8, 4) is 11.5 Å². The number of benzene rings is 1. The molecule has 0 fully saturated rings. The second kappa shape index (κ2) is 6.24. The van der Waals surface area contributed by atoms with Crippen LogP contribution in [0.4, 0.5) is 0 Å². The van der Waals surface area contributed by atoms with Crippen molar-refractivity contribution in [2.45, 2.75) is 6.92 Å². The van der Waals surface area contributed by atoms with Crippen LogP contribution in [0, 0.1) is 6.92 Å². The van der Waals surface area contributed by atoms with Gasteiger partial charge in [-0.25, -0.2) is 9.78 Å². The van der Waals surface area contributed by atoms with Crippen LogP contribution in [0.5, 0.6) is 11.5 Å². The van der Waals surface area contributed by atoms with Crippen molar-refractivity contribution in [2.24, 2.45) is 0 Å². The number of aromatic hydroxyl groups is 1. The third-order valence-corrected chi connectivity index (χ3v) is 2.06.